The van der Waals surface area contributed by atoms with Gasteiger partial charge in [-0.15, -0.1) is 0 Å². The van der Waals surface area contributed by atoms with Crippen LogP contribution in [0.4, 0.5) is 4.79 Å². The van der Waals surface area contributed by atoms with Gasteiger partial charge in [0.1, 0.15) is 6.10 Å². The lowest BCUT2D eigenvalue weighted by Crippen LogP contribution is -2.40. The zero-order valence-electron chi connectivity index (χ0n) is 15.8. The molecule has 0 spiro atoms. The van der Waals surface area contributed by atoms with Crippen molar-refractivity contribution in [3.63, 3.8) is 0 Å². The number of hydrogen-bond acceptors (Lipinski definition) is 4. The molecule has 0 aromatic heterocycles. The maximum absolute atomic E-state index is 11.8. The highest BCUT2D eigenvalue weighted by molar-refractivity contribution is 5.67. The summed E-state index contributed by atoms with van der Waals surface area (Å²) in [5, 5.41) is 12.3. The number of fused-ring (bicyclic) bond motifs is 1. The first-order valence-electron chi connectivity index (χ1n) is 9.99. The third-order valence-electron chi connectivity index (χ3n) is 5.92. The van der Waals surface area contributed by atoms with E-state index in [1.807, 2.05) is 0 Å². The molecule has 0 radical (unpaired) electrons. The van der Waals surface area contributed by atoms with E-state index < -0.39 is 5.54 Å². The number of hydrogen-bond donors (Lipinski definition) is 3. The topological polar surface area (TPSA) is 84.6 Å². The van der Waals surface area contributed by atoms with E-state index in [1.165, 1.54) is 16.7 Å². The fraction of sp³-hybridized carbons (Fsp3) is 0.667. The molecule has 1 saturated carbocycles. The van der Waals surface area contributed by atoms with E-state index in [-0.39, 0.29) is 18.8 Å². The number of alkyl carbamates (subject to hydrolysis) is 1. The maximum atomic E-state index is 11.8. The van der Waals surface area contributed by atoms with Gasteiger partial charge in [-0.25, -0.2) is 4.79 Å². The maximum Gasteiger partial charge on any atom is 0.407 e. The van der Waals surface area contributed by atoms with Crippen LogP contribution in [0, 0.1) is 0 Å². The number of aryl methyl sites for hydroxylation is 1. The van der Waals surface area contributed by atoms with Crippen LogP contribution < -0.4 is 11.1 Å². The number of aliphatic hydroxyl groups excluding tert-OH is 1. The molecule has 3 atom stereocenters. The summed E-state index contributed by atoms with van der Waals surface area (Å²) in [5.41, 5.74) is 9.80. The minimum atomic E-state index is -0.412. The molecule has 0 heterocycles. The fourth-order valence-electron chi connectivity index (χ4n) is 4.24. The summed E-state index contributed by atoms with van der Waals surface area (Å²) < 4.78 is 5.57. The minimum absolute atomic E-state index is 0.0347. The molecule has 0 saturated heterocycles. The Balaban J connectivity index is 1.57. The number of unbranched alkanes of at least 4 members (excludes halogenated alkanes) is 1. The van der Waals surface area contributed by atoms with Crippen molar-refractivity contribution in [2.24, 2.45) is 5.73 Å². The Morgan fingerprint density at radius 1 is 1.38 bits per heavy atom. The zero-order chi connectivity index (χ0) is 18.6. The van der Waals surface area contributed by atoms with Crippen molar-refractivity contribution in [1.82, 2.24) is 5.32 Å². The van der Waals surface area contributed by atoms with Crippen molar-refractivity contribution >= 4 is 6.09 Å². The highest BCUT2D eigenvalue weighted by atomic mass is 16.6. The molecule has 144 valence electrons. The molecule has 0 aliphatic heterocycles. The molecule has 1 fully saturated rings. The van der Waals surface area contributed by atoms with Gasteiger partial charge in [-0.2, -0.15) is 0 Å². The van der Waals surface area contributed by atoms with E-state index >= 15 is 0 Å². The zero-order valence-corrected chi connectivity index (χ0v) is 15.8. The van der Waals surface area contributed by atoms with Crippen molar-refractivity contribution in [3.05, 3.63) is 34.9 Å². The van der Waals surface area contributed by atoms with Crippen LogP contribution in [0.3, 0.4) is 0 Å². The lowest BCUT2D eigenvalue weighted by atomic mass is 9.85. The number of ether oxygens (including phenoxy) is 1. The Morgan fingerprint density at radius 3 is 2.96 bits per heavy atom. The quantitative estimate of drug-likeness (QED) is 0.681. The average molecular weight is 360 g/mol. The lowest BCUT2D eigenvalue weighted by molar-refractivity contribution is 0.0895. The predicted molar refractivity (Wildman–Crippen MR) is 102 cm³/mol. The highest BCUT2D eigenvalue weighted by Gasteiger charge is 2.36. The van der Waals surface area contributed by atoms with Gasteiger partial charge in [0.15, 0.2) is 0 Å². The molecular formula is C21H32N2O3. The summed E-state index contributed by atoms with van der Waals surface area (Å²) >= 11 is 0. The number of nitrogens with two attached hydrogens (primary N) is 1. The molecule has 1 unspecified atom stereocenters. The molecule has 3 rings (SSSR count). The first-order chi connectivity index (χ1) is 12.5. The van der Waals surface area contributed by atoms with E-state index in [9.17, 15) is 9.90 Å². The lowest BCUT2D eigenvalue weighted by Gasteiger charge is -2.26. The number of nitrogens with one attached hydrogen (secondary N) is 1. The molecule has 1 aromatic carbocycles. The van der Waals surface area contributed by atoms with E-state index in [2.05, 4.69) is 30.4 Å². The summed E-state index contributed by atoms with van der Waals surface area (Å²) in [5.74, 6) is 0.441. The van der Waals surface area contributed by atoms with Crippen molar-refractivity contribution in [2.75, 3.05) is 13.2 Å². The van der Waals surface area contributed by atoms with Crippen LogP contribution in [0.25, 0.3) is 0 Å². The van der Waals surface area contributed by atoms with E-state index in [0.29, 0.717) is 12.5 Å². The number of rotatable bonds is 6. The van der Waals surface area contributed by atoms with Crippen molar-refractivity contribution in [2.45, 2.75) is 75.9 Å². The molecular weight excluding hydrogens is 328 g/mol. The summed E-state index contributed by atoms with van der Waals surface area (Å²) in [6.45, 7) is 2.84. The average Bonchev–Trinajstić information content (AvgIpc) is 3.04. The Kier molecular flexibility index (Phi) is 6.20. The van der Waals surface area contributed by atoms with Crippen LogP contribution in [0.5, 0.6) is 0 Å². The molecule has 5 heteroatoms. The van der Waals surface area contributed by atoms with Crippen molar-refractivity contribution < 1.29 is 14.6 Å². The standard InChI is InChI=1S/C21H32N2O3/c1-2-3-10-23-20(25)26-19-7-6-15-11-16(4-5-17(15)12-19)18-8-9-21(22,13-18)14-24/h4-5,11,18-19,24H,2-3,6-10,12-14,22H2,1H3,(H,23,25)/t18-,19?,21+/m0/s1. The van der Waals surface area contributed by atoms with Crippen LogP contribution in [0.1, 0.15) is 68.1 Å². The van der Waals surface area contributed by atoms with Gasteiger partial charge in [0.25, 0.3) is 0 Å². The van der Waals surface area contributed by atoms with Gasteiger partial charge in [0.2, 0.25) is 0 Å². The van der Waals surface area contributed by atoms with Crippen molar-refractivity contribution in [3.8, 4) is 0 Å². The monoisotopic (exact) mass is 360 g/mol. The number of amides is 1. The van der Waals surface area contributed by atoms with Crippen LogP contribution in [0.2, 0.25) is 0 Å². The molecule has 0 bridgehead atoms. The van der Waals surface area contributed by atoms with Crippen LogP contribution in [-0.4, -0.2) is 36.0 Å². The second-order valence-corrected chi connectivity index (χ2v) is 8.04. The molecule has 2 aliphatic carbocycles. The Morgan fingerprint density at radius 2 is 2.23 bits per heavy atom. The Hall–Kier alpha value is -1.59. The van der Waals surface area contributed by atoms with Crippen LogP contribution >= 0.6 is 0 Å². The number of aliphatic hydroxyl groups is 1. The number of carbonyl (C=O) groups is 1. The van der Waals surface area contributed by atoms with Gasteiger partial charge >= 0.3 is 6.09 Å². The van der Waals surface area contributed by atoms with Gasteiger partial charge in [0, 0.05) is 18.5 Å². The van der Waals surface area contributed by atoms with Gasteiger partial charge in [0.05, 0.1) is 6.61 Å². The largest absolute Gasteiger partial charge is 0.446 e. The predicted octanol–water partition coefficient (Wildman–Crippen LogP) is 3.03. The first kappa shape index (κ1) is 19.2. The third kappa shape index (κ3) is 4.57. The highest BCUT2D eigenvalue weighted by Crippen LogP contribution is 2.40. The molecule has 1 aromatic rings. The Bertz CT molecular complexity index is 634. The summed E-state index contributed by atoms with van der Waals surface area (Å²) in [7, 11) is 0. The molecule has 1 amide bonds. The summed E-state index contributed by atoms with van der Waals surface area (Å²) in [4.78, 5) is 11.8. The van der Waals surface area contributed by atoms with Gasteiger partial charge in [-0.3, -0.25) is 0 Å². The van der Waals surface area contributed by atoms with Gasteiger partial charge in [-0.1, -0.05) is 31.5 Å². The number of benzene rings is 1. The SMILES string of the molecule is CCCCNC(=O)OC1CCc2cc([C@H]3CC[C@](N)(CO)C3)ccc2C1. The minimum Gasteiger partial charge on any atom is -0.446 e. The van der Waals surface area contributed by atoms with Crippen LogP contribution in [-0.2, 0) is 17.6 Å². The summed E-state index contributed by atoms with van der Waals surface area (Å²) in [6.07, 6.45) is 7.09. The van der Waals surface area contributed by atoms with E-state index in [0.717, 1.165) is 51.4 Å². The molecule has 5 nitrogen and oxygen atoms in total. The van der Waals surface area contributed by atoms with Gasteiger partial charge < -0.3 is 20.9 Å². The number of carbonyl (C=O) groups excluding carboxylic acids is 1. The second kappa shape index (κ2) is 8.40. The van der Waals surface area contributed by atoms with Gasteiger partial charge in [-0.05, 0) is 61.1 Å². The van der Waals surface area contributed by atoms with Crippen LogP contribution in [0.15, 0.2) is 18.2 Å². The molecule has 4 N–H and O–H groups in total. The fourth-order valence-corrected chi connectivity index (χ4v) is 4.24. The molecule has 26 heavy (non-hydrogen) atoms. The smallest absolute Gasteiger partial charge is 0.407 e. The second-order valence-electron chi connectivity index (χ2n) is 8.04. The first-order valence-corrected chi connectivity index (χ1v) is 9.99. The third-order valence-corrected chi connectivity index (χ3v) is 5.92. The van der Waals surface area contributed by atoms with Crippen molar-refractivity contribution in [1.29, 1.82) is 0 Å². The normalized spacial score (nSPS) is 27.8. The van der Waals surface area contributed by atoms with E-state index in [1.54, 1.807) is 0 Å². The molecule has 2 aliphatic rings. The summed E-state index contributed by atoms with van der Waals surface area (Å²) in [6, 6.07) is 6.68. The van der Waals surface area contributed by atoms with E-state index in [4.69, 9.17) is 10.5 Å². The Labute approximate surface area is 156 Å².